The van der Waals surface area contributed by atoms with Gasteiger partial charge in [0.2, 0.25) is 0 Å². The van der Waals surface area contributed by atoms with E-state index in [1.807, 2.05) is 25.1 Å². The molecule has 2 rings (SSSR count). The zero-order valence-corrected chi connectivity index (χ0v) is 12.8. The Labute approximate surface area is 133 Å². The van der Waals surface area contributed by atoms with Crippen LogP contribution in [0.1, 0.15) is 30.1 Å². The van der Waals surface area contributed by atoms with Crippen molar-refractivity contribution in [3.63, 3.8) is 0 Å². The summed E-state index contributed by atoms with van der Waals surface area (Å²) >= 11 is 5.86. The highest BCUT2D eigenvalue weighted by atomic mass is 35.5. The molecule has 2 unspecified atom stereocenters. The van der Waals surface area contributed by atoms with Gasteiger partial charge in [0.15, 0.2) is 0 Å². The molecule has 116 valence electrons. The predicted octanol–water partition coefficient (Wildman–Crippen LogP) is 3.63. The molecule has 0 fully saturated rings. The Morgan fingerprint density at radius 3 is 2.50 bits per heavy atom. The molecule has 2 aromatic carbocycles. The third-order valence-electron chi connectivity index (χ3n) is 3.49. The van der Waals surface area contributed by atoms with Gasteiger partial charge in [-0.15, -0.1) is 0 Å². The highest BCUT2D eigenvalue weighted by Crippen LogP contribution is 2.23. The summed E-state index contributed by atoms with van der Waals surface area (Å²) in [6.07, 6.45) is 0. The minimum atomic E-state index is -0.418. The molecule has 6 heteroatoms. The van der Waals surface area contributed by atoms with Crippen LogP contribution in [0.15, 0.2) is 48.5 Å². The lowest BCUT2D eigenvalue weighted by Crippen LogP contribution is -2.27. The van der Waals surface area contributed by atoms with Crippen molar-refractivity contribution in [2.24, 2.45) is 0 Å². The van der Waals surface area contributed by atoms with Crippen molar-refractivity contribution in [3.05, 3.63) is 74.8 Å². The van der Waals surface area contributed by atoms with Gasteiger partial charge in [0.1, 0.15) is 0 Å². The zero-order valence-electron chi connectivity index (χ0n) is 12.1. The molecule has 0 spiro atoms. The number of non-ortho nitro benzene ring substituents is 1. The van der Waals surface area contributed by atoms with E-state index in [4.69, 9.17) is 11.6 Å². The lowest BCUT2D eigenvalue weighted by molar-refractivity contribution is -0.384. The largest absolute Gasteiger partial charge is 0.394 e. The first-order valence-electron chi connectivity index (χ1n) is 6.88. The van der Waals surface area contributed by atoms with Gasteiger partial charge >= 0.3 is 0 Å². The Kier molecular flexibility index (Phi) is 5.49. The Balaban J connectivity index is 2.15. The molecule has 0 saturated heterocycles. The van der Waals surface area contributed by atoms with Crippen molar-refractivity contribution in [1.29, 1.82) is 0 Å². The van der Waals surface area contributed by atoms with Gasteiger partial charge < -0.3 is 10.4 Å². The number of nitro benzene ring substituents is 1. The molecular weight excluding hydrogens is 304 g/mol. The fourth-order valence-corrected chi connectivity index (χ4v) is 2.38. The van der Waals surface area contributed by atoms with Crippen molar-refractivity contribution in [2.75, 3.05) is 6.61 Å². The van der Waals surface area contributed by atoms with Crippen LogP contribution < -0.4 is 5.32 Å². The van der Waals surface area contributed by atoms with E-state index in [1.54, 1.807) is 18.2 Å². The Bertz CT molecular complexity index is 646. The first-order valence-corrected chi connectivity index (χ1v) is 7.25. The van der Waals surface area contributed by atoms with Gasteiger partial charge in [0.05, 0.1) is 17.6 Å². The third kappa shape index (κ3) is 4.04. The number of benzene rings is 2. The fraction of sp³-hybridized carbons (Fsp3) is 0.250. The molecule has 0 aliphatic rings. The molecule has 5 nitrogen and oxygen atoms in total. The summed E-state index contributed by atoms with van der Waals surface area (Å²) in [5, 5.41) is 24.3. The summed E-state index contributed by atoms with van der Waals surface area (Å²) in [5.41, 5.74) is 1.75. The molecule has 0 bridgehead atoms. The number of nitrogens with one attached hydrogen (secondary N) is 1. The summed E-state index contributed by atoms with van der Waals surface area (Å²) in [7, 11) is 0. The lowest BCUT2D eigenvalue weighted by Gasteiger charge is -2.22. The topological polar surface area (TPSA) is 75.4 Å². The van der Waals surface area contributed by atoms with E-state index in [0.717, 1.165) is 11.1 Å². The van der Waals surface area contributed by atoms with Crippen molar-refractivity contribution in [3.8, 4) is 0 Å². The number of aliphatic hydroxyl groups is 1. The van der Waals surface area contributed by atoms with Gasteiger partial charge in [-0.2, -0.15) is 0 Å². The van der Waals surface area contributed by atoms with Gasteiger partial charge in [0, 0.05) is 23.2 Å². The molecular formula is C16H17ClN2O3. The summed E-state index contributed by atoms with van der Waals surface area (Å²) in [4.78, 5) is 10.4. The van der Waals surface area contributed by atoms with Crippen LogP contribution in [0.3, 0.4) is 0 Å². The SMILES string of the molecule is CC(NC(CO)c1ccc(Cl)cc1)c1cccc([N+](=O)[O-])c1. The van der Waals surface area contributed by atoms with E-state index in [0.29, 0.717) is 5.02 Å². The third-order valence-corrected chi connectivity index (χ3v) is 3.74. The van der Waals surface area contributed by atoms with Gasteiger partial charge in [-0.3, -0.25) is 10.1 Å². The molecule has 0 amide bonds. The summed E-state index contributed by atoms with van der Waals surface area (Å²) < 4.78 is 0. The van der Waals surface area contributed by atoms with Crippen LogP contribution in [0.4, 0.5) is 5.69 Å². The monoisotopic (exact) mass is 320 g/mol. The number of hydrogen-bond donors (Lipinski definition) is 2. The van der Waals surface area contributed by atoms with Gasteiger partial charge in [-0.05, 0) is 30.2 Å². The predicted molar refractivity (Wildman–Crippen MR) is 85.9 cm³/mol. The minimum absolute atomic E-state index is 0.0539. The van der Waals surface area contributed by atoms with E-state index in [9.17, 15) is 15.2 Å². The van der Waals surface area contributed by atoms with E-state index in [1.165, 1.54) is 12.1 Å². The number of nitrogens with zero attached hydrogens (tertiary/aromatic N) is 1. The van der Waals surface area contributed by atoms with E-state index in [-0.39, 0.29) is 24.4 Å². The average molecular weight is 321 g/mol. The number of halogens is 1. The summed E-state index contributed by atoms with van der Waals surface area (Å²) in [6, 6.07) is 13.3. The fourth-order valence-electron chi connectivity index (χ4n) is 2.26. The number of nitro groups is 1. The summed E-state index contributed by atoms with van der Waals surface area (Å²) in [5.74, 6) is 0. The summed E-state index contributed by atoms with van der Waals surface area (Å²) in [6.45, 7) is 1.82. The maximum absolute atomic E-state index is 10.8. The molecule has 2 N–H and O–H groups in total. The van der Waals surface area contributed by atoms with Crippen LogP contribution in [-0.4, -0.2) is 16.6 Å². The van der Waals surface area contributed by atoms with Crippen LogP contribution >= 0.6 is 11.6 Å². The van der Waals surface area contributed by atoms with Crippen LogP contribution in [0.25, 0.3) is 0 Å². The second-order valence-electron chi connectivity index (χ2n) is 5.03. The van der Waals surface area contributed by atoms with E-state index >= 15 is 0 Å². The van der Waals surface area contributed by atoms with Crippen molar-refractivity contribution in [1.82, 2.24) is 5.32 Å². The first-order chi connectivity index (χ1) is 10.5. The van der Waals surface area contributed by atoms with E-state index in [2.05, 4.69) is 5.32 Å². The first kappa shape index (κ1) is 16.4. The lowest BCUT2D eigenvalue weighted by atomic mass is 10.0. The number of aliphatic hydroxyl groups excluding tert-OH is 1. The standard InChI is InChI=1S/C16H17ClN2O3/c1-11(13-3-2-4-15(9-13)19(21)22)18-16(10-20)12-5-7-14(17)8-6-12/h2-9,11,16,18,20H,10H2,1H3. The molecule has 0 aromatic heterocycles. The van der Waals surface area contributed by atoms with Gasteiger partial charge in [-0.1, -0.05) is 35.9 Å². The van der Waals surface area contributed by atoms with Crippen LogP contribution in [0, 0.1) is 10.1 Å². The molecule has 2 atom stereocenters. The van der Waals surface area contributed by atoms with Crippen molar-refractivity contribution >= 4 is 17.3 Å². The van der Waals surface area contributed by atoms with Crippen LogP contribution in [0.5, 0.6) is 0 Å². The molecule has 22 heavy (non-hydrogen) atoms. The molecule has 0 saturated carbocycles. The Morgan fingerprint density at radius 1 is 1.23 bits per heavy atom. The molecule has 0 heterocycles. The van der Waals surface area contributed by atoms with Gasteiger partial charge in [-0.25, -0.2) is 0 Å². The second kappa shape index (κ2) is 7.35. The normalized spacial score (nSPS) is 13.6. The smallest absolute Gasteiger partial charge is 0.269 e. The highest BCUT2D eigenvalue weighted by Gasteiger charge is 2.16. The average Bonchev–Trinajstić information content (AvgIpc) is 2.53. The zero-order chi connectivity index (χ0) is 16.1. The quantitative estimate of drug-likeness (QED) is 0.629. The van der Waals surface area contributed by atoms with Crippen LogP contribution in [-0.2, 0) is 0 Å². The maximum Gasteiger partial charge on any atom is 0.269 e. The Morgan fingerprint density at radius 2 is 1.91 bits per heavy atom. The van der Waals surface area contributed by atoms with E-state index < -0.39 is 4.92 Å². The van der Waals surface area contributed by atoms with Crippen molar-refractivity contribution < 1.29 is 10.0 Å². The maximum atomic E-state index is 10.8. The molecule has 0 aliphatic carbocycles. The van der Waals surface area contributed by atoms with Crippen LogP contribution in [0.2, 0.25) is 5.02 Å². The number of hydrogen-bond acceptors (Lipinski definition) is 4. The molecule has 0 radical (unpaired) electrons. The highest BCUT2D eigenvalue weighted by molar-refractivity contribution is 6.30. The van der Waals surface area contributed by atoms with Gasteiger partial charge in [0.25, 0.3) is 5.69 Å². The molecule has 0 aliphatic heterocycles. The minimum Gasteiger partial charge on any atom is -0.394 e. The number of rotatable bonds is 6. The van der Waals surface area contributed by atoms with Crippen molar-refractivity contribution in [2.45, 2.75) is 19.0 Å². The molecule has 2 aromatic rings. The second-order valence-corrected chi connectivity index (χ2v) is 5.46. The Hall–Kier alpha value is -1.95.